The van der Waals surface area contributed by atoms with Crippen molar-refractivity contribution in [3.63, 3.8) is 0 Å². The second kappa shape index (κ2) is 14.9. The van der Waals surface area contributed by atoms with Gasteiger partial charge in [-0.15, -0.1) is 11.3 Å². The third-order valence-electron chi connectivity index (χ3n) is 13.4. The minimum Gasteiger partial charge on any atom is -0.308 e. The number of rotatable bonds is 6. The summed E-state index contributed by atoms with van der Waals surface area (Å²) in [5.41, 5.74) is 12.1. The Labute approximate surface area is 389 Å². The molecular formula is C61H37N5S. The number of fused-ring (bicyclic) bond motifs is 12. The third-order valence-corrected chi connectivity index (χ3v) is 14.6. The molecule has 4 heterocycles. The number of para-hydroxylation sites is 2. The highest BCUT2D eigenvalue weighted by Crippen LogP contribution is 2.47. The highest BCUT2D eigenvalue weighted by molar-refractivity contribution is 7.27. The molecule has 0 saturated carbocycles. The molecule has 0 radical (unpaired) electrons. The number of nitrogens with zero attached hydrogens (tertiary/aromatic N) is 5. The first kappa shape index (κ1) is 37.6. The SMILES string of the molecule is c1ccc(-c2ccc(-c3nc(-c4ccc(-c5ccccc5)cc4)nc(-n4c5ccccc5c5ccc6c7ccc8c9ccccc9n(-c9ccc%10ccccc%10c9)c8c7sc6c54)n3)cc2)cc1. The highest BCUT2D eigenvalue weighted by atomic mass is 32.1. The summed E-state index contributed by atoms with van der Waals surface area (Å²) in [6.45, 7) is 0. The Morgan fingerprint density at radius 3 is 1.30 bits per heavy atom. The fourth-order valence-corrected chi connectivity index (χ4v) is 11.6. The van der Waals surface area contributed by atoms with Crippen LogP contribution < -0.4 is 0 Å². The minimum absolute atomic E-state index is 0.575. The van der Waals surface area contributed by atoms with Crippen LogP contribution in [0.2, 0.25) is 0 Å². The van der Waals surface area contributed by atoms with Crippen molar-refractivity contribution in [2.24, 2.45) is 0 Å². The predicted octanol–water partition coefficient (Wildman–Crippen LogP) is 16.3. The summed E-state index contributed by atoms with van der Waals surface area (Å²) in [7, 11) is 0. The molecule has 14 aromatic rings. The van der Waals surface area contributed by atoms with Crippen LogP contribution in [0, 0.1) is 0 Å². The van der Waals surface area contributed by atoms with Crippen LogP contribution in [0.1, 0.15) is 0 Å². The maximum absolute atomic E-state index is 5.40. The largest absolute Gasteiger partial charge is 0.308 e. The topological polar surface area (TPSA) is 48.5 Å². The van der Waals surface area contributed by atoms with Gasteiger partial charge in [-0.25, -0.2) is 4.98 Å². The zero-order valence-electron chi connectivity index (χ0n) is 36.0. The maximum atomic E-state index is 5.40. The van der Waals surface area contributed by atoms with Gasteiger partial charge < -0.3 is 4.57 Å². The monoisotopic (exact) mass is 871 g/mol. The molecule has 10 aromatic carbocycles. The molecule has 0 amide bonds. The van der Waals surface area contributed by atoms with Crippen LogP contribution in [-0.4, -0.2) is 24.1 Å². The molecule has 0 fully saturated rings. The lowest BCUT2D eigenvalue weighted by molar-refractivity contribution is 0.955. The Morgan fingerprint density at radius 1 is 0.299 bits per heavy atom. The van der Waals surface area contributed by atoms with Crippen molar-refractivity contribution < 1.29 is 0 Å². The van der Waals surface area contributed by atoms with E-state index >= 15 is 0 Å². The second-order valence-electron chi connectivity index (χ2n) is 17.2. The van der Waals surface area contributed by atoms with E-state index in [-0.39, 0.29) is 0 Å². The fraction of sp³-hybridized carbons (Fsp3) is 0. The molecule has 67 heavy (non-hydrogen) atoms. The summed E-state index contributed by atoms with van der Waals surface area (Å²) in [6, 6.07) is 80.2. The van der Waals surface area contributed by atoms with Crippen molar-refractivity contribution in [3.8, 4) is 56.7 Å². The van der Waals surface area contributed by atoms with Crippen molar-refractivity contribution >= 4 is 85.9 Å². The van der Waals surface area contributed by atoms with Crippen molar-refractivity contribution in [1.82, 2.24) is 24.1 Å². The van der Waals surface area contributed by atoms with E-state index in [0.717, 1.165) is 60.9 Å². The first-order valence-corrected chi connectivity index (χ1v) is 23.4. The van der Waals surface area contributed by atoms with E-state index < -0.39 is 0 Å². The molecule has 14 rings (SSSR count). The van der Waals surface area contributed by atoms with Crippen molar-refractivity contribution in [2.45, 2.75) is 0 Å². The molecule has 0 spiro atoms. The number of hydrogen-bond acceptors (Lipinski definition) is 4. The third kappa shape index (κ3) is 5.97. The number of benzene rings is 10. The molecule has 0 saturated heterocycles. The summed E-state index contributed by atoms with van der Waals surface area (Å²) in [6.07, 6.45) is 0. The van der Waals surface area contributed by atoms with E-state index in [2.05, 4.69) is 221 Å². The molecule has 5 nitrogen and oxygen atoms in total. The highest BCUT2D eigenvalue weighted by Gasteiger charge is 2.24. The Hall–Kier alpha value is -8.71. The van der Waals surface area contributed by atoms with E-state index in [0.29, 0.717) is 17.6 Å². The number of thiophene rings is 1. The lowest BCUT2D eigenvalue weighted by atomic mass is 10.0. The van der Waals surface area contributed by atoms with Gasteiger partial charge in [0.25, 0.3) is 0 Å². The average molecular weight is 872 g/mol. The lowest BCUT2D eigenvalue weighted by Crippen LogP contribution is -2.06. The summed E-state index contributed by atoms with van der Waals surface area (Å²) < 4.78 is 7.19. The molecule has 0 aliphatic carbocycles. The Balaban J connectivity index is 1.03. The van der Waals surface area contributed by atoms with Crippen LogP contribution in [0.4, 0.5) is 0 Å². The van der Waals surface area contributed by atoms with E-state index in [9.17, 15) is 0 Å². The van der Waals surface area contributed by atoms with Crippen molar-refractivity contribution in [2.75, 3.05) is 0 Å². The van der Waals surface area contributed by atoms with Gasteiger partial charge in [-0.3, -0.25) is 4.57 Å². The molecule has 0 aliphatic rings. The quantitative estimate of drug-likeness (QED) is 0.167. The minimum atomic E-state index is 0.575. The molecule has 4 aromatic heterocycles. The van der Waals surface area contributed by atoms with E-state index in [1.807, 2.05) is 23.5 Å². The Morgan fingerprint density at radius 2 is 0.731 bits per heavy atom. The molecule has 0 atom stereocenters. The second-order valence-corrected chi connectivity index (χ2v) is 18.2. The summed E-state index contributed by atoms with van der Waals surface area (Å²) >= 11 is 1.86. The number of aromatic nitrogens is 5. The van der Waals surface area contributed by atoms with Crippen molar-refractivity contribution in [1.29, 1.82) is 0 Å². The smallest absolute Gasteiger partial charge is 0.238 e. The van der Waals surface area contributed by atoms with Crippen LogP contribution >= 0.6 is 11.3 Å². The first-order valence-electron chi connectivity index (χ1n) is 22.6. The standard InChI is InChI=1S/C61H37N5S/c1-3-13-38(14-4-1)41-23-27-43(28-24-41)59-62-60(44-29-25-42(26-30-44)39-15-5-2-6-16-39)64-61(63-59)66-54-22-12-10-20-48(54)50-34-36-52-51-35-33-49-47-19-9-11-21-53(47)65(55(49)57(51)67-58(52)56(50)66)46-32-31-40-17-7-8-18-45(40)37-46/h1-37H. The first-order chi connectivity index (χ1) is 33.2. The zero-order valence-corrected chi connectivity index (χ0v) is 36.8. The predicted molar refractivity (Wildman–Crippen MR) is 281 cm³/mol. The van der Waals surface area contributed by atoms with Gasteiger partial charge in [-0.2, -0.15) is 9.97 Å². The van der Waals surface area contributed by atoms with Gasteiger partial charge in [0.1, 0.15) is 0 Å². The summed E-state index contributed by atoms with van der Waals surface area (Å²) in [5, 5.41) is 9.66. The number of hydrogen-bond donors (Lipinski definition) is 0. The van der Waals surface area contributed by atoms with Crippen LogP contribution in [0.5, 0.6) is 0 Å². The summed E-state index contributed by atoms with van der Waals surface area (Å²) in [5.74, 6) is 1.80. The van der Waals surface area contributed by atoms with E-state index in [4.69, 9.17) is 15.0 Å². The van der Waals surface area contributed by atoms with Crippen molar-refractivity contribution in [3.05, 3.63) is 224 Å². The maximum Gasteiger partial charge on any atom is 0.238 e. The fourth-order valence-electron chi connectivity index (χ4n) is 10.2. The van der Waals surface area contributed by atoms with Gasteiger partial charge >= 0.3 is 0 Å². The van der Waals surface area contributed by atoms with Crippen LogP contribution in [-0.2, 0) is 0 Å². The van der Waals surface area contributed by atoms with Crippen LogP contribution in [0.3, 0.4) is 0 Å². The van der Waals surface area contributed by atoms with Crippen LogP contribution in [0.25, 0.3) is 131 Å². The van der Waals surface area contributed by atoms with Gasteiger partial charge in [0.2, 0.25) is 5.95 Å². The normalized spacial score (nSPS) is 11.9. The van der Waals surface area contributed by atoms with Gasteiger partial charge in [-0.1, -0.05) is 200 Å². The zero-order chi connectivity index (χ0) is 44.0. The molecule has 0 aliphatic heterocycles. The van der Waals surface area contributed by atoms with Gasteiger partial charge in [0, 0.05) is 49.1 Å². The Bertz CT molecular complexity index is 4140. The molecule has 0 N–H and O–H groups in total. The lowest BCUT2D eigenvalue weighted by Gasteiger charge is -2.12. The van der Waals surface area contributed by atoms with Gasteiger partial charge in [-0.05, 0) is 57.3 Å². The van der Waals surface area contributed by atoms with E-state index in [1.54, 1.807) is 0 Å². The van der Waals surface area contributed by atoms with Gasteiger partial charge in [0.05, 0.1) is 31.5 Å². The van der Waals surface area contributed by atoms with Gasteiger partial charge in [0.15, 0.2) is 11.6 Å². The Kier molecular flexibility index (Phi) is 8.38. The molecule has 0 unspecified atom stereocenters. The van der Waals surface area contributed by atoms with Crippen LogP contribution in [0.15, 0.2) is 224 Å². The molecule has 312 valence electrons. The average Bonchev–Trinajstić information content (AvgIpc) is 4.07. The molecule has 0 bridgehead atoms. The molecule has 6 heteroatoms. The summed E-state index contributed by atoms with van der Waals surface area (Å²) in [4.78, 5) is 16.0. The molecular weight excluding hydrogens is 835 g/mol. The van der Waals surface area contributed by atoms with E-state index in [1.165, 1.54) is 52.8 Å².